The maximum atomic E-state index is 5.44. The summed E-state index contributed by atoms with van der Waals surface area (Å²) in [5, 5.41) is 9.75. The van der Waals surface area contributed by atoms with Crippen LogP contribution in [-0.4, -0.2) is 24.1 Å². The number of thiophene rings is 1. The molecule has 0 saturated carbocycles. The second kappa shape index (κ2) is 13.3. The molecule has 284 valence electrons. The van der Waals surface area contributed by atoms with E-state index in [0.29, 0.717) is 5.95 Å². The van der Waals surface area contributed by atoms with Gasteiger partial charge in [0.1, 0.15) is 0 Å². The lowest BCUT2D eigenvalue weighted by Gasteiger charge is -2.10. The molecule has 6 heteroatoms. The van der Waals surface area contributed by atoms with Crippen LogP contribution in [0, 0.1) is 0 Å². The quantitative estimate of drug-likeness (QED) is 0.174. The number of para-hydroxylation sites is 1. The molecule has 0 aliphatic heterocycles. The Morgan fingerprint density at radius 2 is 0.951 bits per heavy atom. The Morgan fingerprint density at radius 3 is 1.61 bits per heavy atom. The van der Waals surface area contributed by atoms with Crippen LogP contribution in [0.2, 0.25) is 0 Å². The van der Waals surface area contributed by atoms with Gasteiger partial charge in [0.25, 0.3) is 0 Å². The van der Waals surface area contributed by atoms with Crippen molar-refractivity contribution in [3.05, 3.63) is 200 Å². The first-order valence-electron chi connectivity index (χ1n) is 20.5. The summed E-state index contributed by atoms with van der Waals surface area (Å²) in [6.45, 7) is 0. The monoisotopic (exact) mass is 795 g/mol. The van der Waals surface area contributed by atoms with Crippen LogP contribution in [0.15, 0.2) is 200 Å². The Bertz CT molecular complexity index is 3860. The molecule has 5 nitrogen and oxygen atoms in total. The Morgan fingerprint density at radius 1 is 0.393 bits per heavy atom. The fraction of sp³-hybridized carbons (Fsp3) is 0. The Balaban J connectivity index is 1.07. The molecule has 8 aromatic carbocycles. The topological polar surface area (TPSA) is 48.5 Å². The molecule has 0 N–H and O–H groups in total. The van der Waals surface area contributed by atoms with Gasteiger partial charge in [-0.2, -0.15) is 0 Å². The van der Waals surface area contributed by atoms with Gasteiger partial charge in [-0.3, -0.25) is 9.55 Å². The minimum atomic E-state index is 0.649. The smallest absolute Gasteiger partial charge is 0.235 e. The normalized spacial score (nSPS) is 11.9. The molecular weight excluding hydrogens is 763 g/mol. The number of aromatic nitrogens is 5. The number of hydrogen-bond donors (Lipinski definition) is 0. The minimum absolute atomic E-state index is 0.649. The third kappa shape index (κ3) is 5.22. The van der Waals surface area contributed by atoms with E-state index >= 15 is 0 Å². The fourth-order valence-corrected chi connectivity index (χ4v) is 10.6. The zero-order chi connectivity index (χ0) is 40.0. The minimum Gasteiger partial charge on any atom is -0.309 e. The Kier molecular flexibility index (Phi) is 7.41. The van der Waals surface area contributed by atoms with E-state index in [0.717, 1.165) is 59.6 Å². The zero-order valence-corrected chi connectivity index (χ0v) is 33.5. The predicted molar refractivity (Wildman–Crippen MR) is 255 cm³/mol. The predicted octanol–water partition coefficient (Wildman–Crippen LogP) is 14.6. The first kappa shape index (κ1) is 34.0. The van der Waals surface area contributed by atoms with Crippen LogP contribution in [-0.2, 0) is 0 Å². The first-order chi connectivity index (χ1) is 30.2. The van der Waals surface area contributed by atoms with Gasteiger partial charge in [0.05, 0.1) is 38.0 Å². The molecule has 0 radical (unpaired) electrons. The van der Waals surface area contributed by atoms with Crippen LogP contribution < -0.4 is 0 Å². The van der Waals surface area contributed by atoms with E-state index < -0.39 is 0 Å². The van der Waals surface area contributed by atoms with Crippen molar-refractivity contribution in [1.82, 2.24) is 24.1 Å². The summed E-state index contributed by atoms with van der Waals surface area (Å²) in [6.07, 6.45) is 3.68. The van der Waals surface area contributed by atoms with Gasteiger partial charge in [-0.15, -0.1) is 11.3 Å². The summed E-state index contributed by atoms with van der Waals surface area (Å²) in [4.78, 5) is 16.2. The first-order valence-corrected chi connectivity index (χ1v) is 21.3. The third-order valence-corrected chi connectivity index (χ3v) is 13.4. The second-order valence-corrected chi connectivity index (χ2v) is 16.7. The van der Waals surface area contributed by atoms with Crippen LogP contribution in [0.5, 0.6) is 0 Å². The van der Waals surface area contributed by atoms with Crippen molar-refractivity contribution in [1.29, 1.82) is 0 Å². The number of nitrogens with zero attached hydrogens (tertiary/aromatic N) is 5. The van der Waals surface area contributed by atoms with Crippen molar-refractivity contribution in [2.75, 3.05) is 0 Å². The summed E-state index contributed by atoms with van der Waals surface area (Å²) in [5.41, 5.74) is 12.0. The van der Waals surface area contributed by atoms with E-state index in [9.17, 15) is 0 Å². The van der Waals surface area contributed by atoms with Crippen LogP contribution in [0.4, 0.5) is 0 Å². The molecule has 0 atom stereocenters. The molecule has 0 aliphatic carbocycles. The second-order valence-electron chi connectivity index (χ2n) is 15.6. The molecule has 0 unspecified atom stereocenters. The van der Waals surface area contributed by atoms with Crippen LogP contribution in [0.1, 0.15) is 0 Å². The largest absolute Gasteiger partial charge is 0.309 e. The van der Waals surface area contributed by atoms with Gasteiger partial charge in [-0.1, -0.05) is 121 Å². The lowest BCUT2D eigenvalue weighted by molar-refractivity contribution is 1.02. The van der Waals surface area contributed by atoms with Gasteiger partial charge < -0.3 is 4.57 Å². The lowest BCUT2D eigenvalue weighted by Crippen LogP contribution is -2.02. The van der Waals surface area contributed by atoms with E-state index in [1.54, 1.807) is 11.3 Å². The highest BCUT2D eigenvalue weighted by Crippen LogP contribution is 2.43. The summed E-state index contributed by atoms with van der Waals surface area (Å²) in [7, 11) is 0. The lowest BCUT2D eigenvalue weighted by atomic mass is 9.98. The highest BCUT2D eigenvalue weighted by atomic mass is 32.1. The Labute approximate surface area is 354 Å². The van der Waals surface area contributed by atoms with Gasteiger partial charge in [0.2, 0.25) is 5.95 Å². The highest BCUT2D eigenvalue weighted by Gasteiger charge is 2.22. The molecule has 0 fully saturated rings. The molecular formula is C55H33N5S. The van der Waals surface area contributed by atoms with E-state index in [1.165, 1.54) is 54.3 Å². The third-order valence-electron chi connectivity index (χ3n) is 12.2. The number of benzene rings is 8. The van der Waals surface area contributed by atoms with Crippen molar-refractivity contribution in [3.8, 4) is 44.5 Å². The summed E-state index contributed by atoms with van der Waals surface area (Å²) in [6, 6.07) is 67.7. The maximum absolute atomic E-state index is 5.44. The summed E-state index contributed by atoms with van der Waals surface area (Å²) in [5.74, 6) is 0.649. The van der Waals surface area contributed by atoms with Crippen LogP contribution in [0.25, 0.3) is 120 Å². The van der Waals surface area contributed by atoms with Gasteiger partial charge in [-0.05, 0) is 105 Å². The molecule has 0 spiro atoms. The zero-order valence-electron chi connectivity index (χ0n) is 32.7. The van der Waals surface area contributed by atoms with E-state index in [4.69, 9.17) is 9.97 Å². The highest BCUT2D eigenvalue weighted by molar-refractivity contribution is 7.22. The summed E-state index contributed by atoms with van der Waals surface area (Å²) < 4.78 is 5.73. The number of rotatable bonds is 5. The van der Waals surface area contributed by atoms with Crippen LogP contribution >= 0.6 is 11.3 Å². The van der Waals surface area contributed by atoms with Crippen molar-refractivity contribution < 1.29 is 0 Å². The molecule has 5 heterocycles. The maximum Gasteiger partial charge on any atom is 0.235 e. The molecule has 0 saturated heterocycles. The molecule has 0 bridgehead atoms. The van der Waals surface area contributed by atoms with Crippen molar-refractivity contribution in [2.24, 2.45) is 0 Å². The van der Waals surface area contributed by atoms with E-state index in [-0.39, 0.29) is 0 Å². The van der Waals surface area contributed by atoms with Gasteiger partial charge in [-0.25, -0.2) is 9.97 Å². The number of pyridine rings is 1. The van der Waals surface area contributed by atoms with Crippen LogP contribution in [0.3, 0.4) is 0 Å². The molecule has 0 aliphatic rings. The number of fused-ring (bicyclic) bond motifs is 11. The van der Waals surface area contributed by atoms with E-state index in [1.807, 2.05) is 12.4 Å². The van der Waals surface area contributed by atoms with Crippen molar-refractivity contribution in [2.45, 2.75) is 0 Å². The standard InChI is InChI=1S/C55H33N5S/c1-3-13-37(14-4-1)53-54-45(33-50(61-54)36-27-29-56-30-28-36)57-55(58-53)60-47-24-22-39(32-44(47)52-42-18-10-8-12-35(42)20-26-49(52)60)38-21-23-46-43(31-38)51-41-17-9-7-11-34(41)19-25-48(51)59(46)40-15-5-2-6-16-40/h1-33H. The fourth-order valence-electron chi connectivity index (χ4n) is 9.48. The molecule has 13 aromatic rings. The van der Waals surface area contributed by atoms with Gasteiger partial charge in [0.15, 0.2) is 0 Å². The molecule has 0 amide bonds. The average Bonchev–Trinajstić information content (AvgIpc) is 4.02. The summed E-state index contributed by atoms with van der Waals surface area (Å²) >= 11 is 1.72. The molecule has 61 heavy (non-hydrogen) atoms. The Hall–Kier alpha value is -7.93. The number of hydrogen-bond acceptors (Lipinski definition) is 4. The van der Waals surface area contributed by atoms with E-state index in [2.05, 4.69) is 202 Å². The van der Waals surface area contributed by atoms with Gasteiger partial charge in [0, 0.05) is 50.1 Å². The van der Waals surface area contributed by atoms with Crippen molar-refractivity contribution in [3.63, 3.8) is 0 Å². The van der Waals surface area contributed by atoms with Gasteiger partial charge >= 0.3 is 0 Å². The SMILES string of the molecule is c1ccc(-c2nc(-n3c4ccc(-c5ccc6c(c5)c5c7ccccc7ccc5n6-c5ccccc5)cc4c4c5ccccc5ccc43)nc3cc(-c4ccncc4)sc23)cc1. The molecule has 13 rings (SSSR count). The molecule has 5 aromatic heterocycles. The van der Waals surface area contributed by atoms with Crippen molar-refractivity contribution >= 4 is 86.7 Å². The average molecular weight is 796 g/mol.